The molecule has 1 amide bonds. The minimum absolute atomic E-state index is 0.0376. The lowest BCUT2D eigenvalue weighted by Gasteiger charge is -2.19. The molecule has 1 aliphatic heterocycles. The van der Waals surface area contributed by atoms with E-state index in [4.69, 9.17) is 9.15 Å². The number of rotatable bonds is 5. The third-order valence-corrected chi connectivity index (χ3v) is 3.65. The molecule has 22 heavy (non-hydrogen) atoms. The quantitative estimate of drug-likeness (QED) is 0.846. The number of aryl methyl sites for hydroxylation is 1. The third-order valence-electron chi connectivity index (χ3n) is 3.65. The Bertz CT molecular complexity index is 643. The lowest BCUT2D eigenvalue weighted by atomic mass is 10.1. The highest BCUT2D eigenvalue weighted by molar-refractivity contribution is 5.89. The van der Waals surface area contributed by atoms with Crippen LogP contribution in [0.15, 0.2) is 28.7 Å². The Kier molecular flexibility index (Phi) is 4.09. The first-order valence-electron chi connectivity index (χ1n) is 7.49. The molecule has 1 aromatic carbocycles. The van der Waals surface area contributed by atoms with Crippen molar-refractivity contribution >= 4 is 5.91 Å². The van der Waals surface area contributed by atoms with Gasteiger partial charge < -0.3 is 14.1 Å². The second kappa shape index (κ2) is 6.17. The van der Waals surface area contributed by atoms with Gasteiger partial charge in [-0.25, -0.2) is 0 Å². The topological polar surface area (TPSA) is 68.5 Å². The standard InChI is InChI=1S/C16H19N3O3/c1-3-6-14-17-18-15(22-14)16(20)19(2)10-12-9-11-7-4-5-8-13(11)21-12/h4-5,7-8,12H,3,6,9-10H2,1-2H3/t12-/m0/s1. The van der Waals surface area contributed by atoms with Gasteiger partial charge in [0, 0.05) is 19.9 Å². The largest absolute Gasteiger partial charge is 0.488 e. The number of para-hydroxylation sites is 1. The molecule has 6 heteroatoms. The van der Waals surface area contributed by atoms with Gasteiger partial charge in [0.15, 0.2) is 0 Å². The second-order valence-corrected chi connectivity index (χ2v) is 5.49. The zero-order valence-corrected chi connectivity index (χ0v) is 12.8. The van der Waals surface area contributed by atoms with E-state index in [1.165, 1.54) is 5.56 Å². The van der Waals surface area contributed by atoms with Gasteiger partial charge in [-0.05, 0) is 18.1 Å². The second-order valence-electron chi connectivity index (χ2n) is 5.49. The fraction of sp³-hybridized carbons (Fsp3) is 0.438. The van der Waals surface area contributed by atoms with Crippen molar-refractivity contribution in [2.75, 3.05) is 13.6 Å². The molecule has 2 aromatic rings. The van der Waals surface area contributed by atoms with E-state index in [1.54, 1.807) is 11.9 Å². The minimum Gasteiger partial charge on any atom is -0.488 e. The fourth-order valence-corrected chi connectivity index (χ4v) is 2.56. The summed E-state index contributed by atoms with van der Waals surface area (Å²) in [4.78, 5) is 13.9. The van der Waals surface area contributed by atoms with Crippen molar-refractivity contribution in [1.29, 1.82) is 0 Å². The molecule has 0 radical (unpaired) electrons. The molecule has 116 valence electrons. The van der Waals surface area contributed by atoms with Crippen LogP contribution in [0.4, 0.5) is 0 Å². The molecule has 0 saturated carbocycles. The number of fused-ring (bicyclic) bond motifs is 1. The van der Waals surface area contributed by atoms with Gasteiger partial charge in [0.2, 0.25) is 5.89 Å². The number of benzene rings is 1. The SMILES string of the molecule is CCCc1nnc(C(=O)N(C)C[C@@H]2Cc3ccccc3O2)o1. The van der Waals surface area contributed by atoms with E-state index < -0.39 is 0 Å². The van der Waals surface area contributed by atoms with Crippen molar-refractivity contribution < 1.29 is 13.9 Å². The van der Waals surface area contributed by atoms with E-state index in [1.807, 2.05) is 31.2 Å². The smallest absolute Gasteiger partial charge is 0.311 e. The molecule has 6 nitrogen and oxygen atoms in total. The Morgan fingerprint density at radius 2 is 2.18 bits per heavy atom. The Hall–Kier alpha value is -2.37. The summed E-state index contributed by atoms with van der Waals surface area (Å²) in [6, 6.07) is 7.94. The average Bonchev–Trinajstić information content (AvgIpc) is 3.12. The van der Waals surface area contributed by atoms with Crippen LogP contribution in [0.25, 0.3) is 0 Å². The van der Waals surface area contributed by atoms with Gasteiger partial charge >= 0.3 is 11.8 Å². The van der Waals surface area contributed by atoms with Gasteiger partial charge in [0.25, 0.3) is 0 Å². The summed E-state index contributed by atoms with van der Waals surface area (Å²) in [7, 11) is 1.72. The summed E-state index contributed by atoms with van der Waals surface area (Å²) in [5.74, 6) is 1.18. The highest BCUT2D eigenvalue weighted by atomic mass is 16.5. The molecular formula is C16H19N3O3. The van der Waals surface area contributed by atoms with Crippen molar-refractivity contribution in [2.45, 2.75) is 32.3 Å². The number of nitrogens with zero attached hydrogens (tertiary/aromatic N) is 3. The zero-order valence-electron chi connectivity index (χ0n) is 12.8. The molecule has 1 aromatic heterocycles. The minimum atomic E-state index is -0.269. The molecule has 1 aliphatic rings. The molecule has 0 unspecified atom stereocenters. The number of amides is 1. The number of hydrogen-bond acceptors (Lipinski definition) is 5. The van der Waals surface area contributed by atoms with E-state index in [0.29, 0.717) is 18.9 Å². The molecule has 0 spiro atoms. The summed E-state index contributed by atoms with van der Waals surface area (Å²) in [5.41, 5.74) is 1.18. The maximum Gasteiger partial charge on any atom is 0.311 e. The lowest BCUT2D eigenvalue weighted by Crippen LogP contribution is -2.36. The number of aromatic nitrogens is 2. The molecule has 2 heterocycles. The van der Waals surface area contributed by atoms with Crippen LogP contribution in [0, 0.1) is 0 Å². The predicted molar refractivity (Wildman–Crippen MR) is 79.8 cm³/mol. The summed E-state index contributed by atoms with van der Waals surface area (Å²) in [6.07, 6.45) is 2.35. The molecule has 0 bridgehead atoms. The summed E-state index contributed by atoms with van der Waals surface area (Å²) < 4.78 is 11.2. The highest BCUT2D eigenvalue weighted by Crippen LogP contribution is 2.28. The average molecular weight is 301 g/mol. The number of carbonyl (C=O) groups is 1. The number of carbonyl (C=O) groups excluding carboxylic acids is 1. The molecule has 3 rings (SSSR count). The van der Waals surface area contributed by atoms with E-state index in [0.717, 1.165) is 18.6 Å². The molecule has 1 atom stereocenters. The molecular weight excluding hydrogens is 282 g/mol. The summed E-state index contributed by atoms with van der Waals surface area (Å²) in [6.45, 7) is 2.51. The molecule has 0 N–H and O–H groups in total. The molecule has 0 fully saturated rings. The molecule has 0 saturated heterocycles. The van der Waals surface area contributed by atoms with E-state index in [-0.39, 0.29) is 17.9 Å². The van der Waals surface area contributed by atoms with Gasteiger partial charge in [-0.15, -0.1) is 10.2 Å². The van der Waals surface area contributed by atoms with E-state index in [2.05, 4.69) is 10.2 Å². The van der Waals surface area contributed by atoms with Gasteiger partial charge in [-0.2, -0.15) is 0 Å². The van der Waals surface area contributed by atoms with Crippen LogP contribution in [-0.4, -0.2) is 40.7 Å². The van der Waals surface area contributed by atoms with E-state index in [9.17, 15) is 4.79 Å². The Balaban J connectivity index is 1.60. The van der Waals surface area contributed by atoms with Crippen molar-refractivity contribution in [3.8, 4) is 5.75 Å². The van der Waals surface area contributed by atoms with Crippen LogP contribution in [0.2, 0.25) is 0 Å². The fourth-order valence-electron chi connectivity index (χ4n) is 2.56. The summed E-state index contributed by atoms with van der Waals surface area (Å²) in [5, 5.41) is 7.70. The monoisotopic (exact) mass is 301 g/mol. The highest BCUT2D eigenvalue weighted by Gasteiger charge is 2.27. The normalized spacial score (nSPS) is 16.2. The number of likely N-dealkylation sites (N-methyl/N-ethyl adjacent to an activating group) is 1. The number of hydrogen-bond donors (Lipinski definition) is 0. The van der Waals surface area contributed by atoms with Gasteiger partial charge in [0.05, 0.1) is 6.54 Å². The third kappa shape index (κ3) is 2.95. The van der Waals surface area contributed by atoms with Crippen molar-refractivity contribution in [3.05, 3.63) is 41.6 Å². The lowest BCUT2D eigenvalue weighted by molar-refractivity contribution is 0.0690. The molecule has 0 aliphatic carbocycles. The Morgan fingerprint density at radius 1 is 1.36 bits per heavy atom. The van der Waals surface area contributed by atoms with Crippen LogP contribution >= 0.6 is 0 Å². The zero-order chi connectivity index (χ0) is 15.5. The van der Waals surface area contributed by atoms with Gasteiger partial charge in [-0.1, -0.05) is 25.1 Å². The van der Waals surface area contributed by atoms with Crippen LogP contribution < -0.4 is 4.74 Å². The van der Waals surface area contributed by atoms with Crippen LogP contribution in [0.5, 0.6) is 5.75 Å². The van der Waals surface area contributed by atoms with Crippen LogP contribution in [-0.2, 0) is 12.8 Å². The van der Waals surface area contributed by atoms with Gasteiger partial charge in [0.1, 0.15) is 11.9 Å². The first-order chi connectivity index (χ1) is 10.7. The van der Waals surface area contributed by atoms with Crippen LogP contribution in [0.1, 0.15) is 35.5 Å². The first kappa shape index (κ1) is 14.6. The van der Waals surface area contributed by atoms with Crippen LogP contribution in [0.3, 0.4) is 0 Å². The Labute approximate surface area is 129 Å². The summed E-state index contributed by atoms with van der Waals surface area (Å²) >= 11 is 0. The maximum atomic E-state index is 12.3. The predicted octanol–water partition coefficient (Wildman–Crippen LogP) is 2.10. The van der Waals surface area contributed by atoms with E-state index >= 15 is 0 Å². The van der Waals surface area contributed by atoms with Crippen molar-refractivity contribution in [1.82, 2.24) is 15.1 Å². The first-order valence-corrected chi connectivity index (χ1v) is 7.49. The Morgan fingerprint density at radius 3 is 2.95 bits per heavy atom. The van der Waals surface area contributed by atoms with Crippen molar-refractivity contribution in [3.63, 3.8) is 0 Å². The van der Waals surface area contributed by atoms with Crippen molar-refractivity contribution in [2.24, 2.45) is 0 Å². The van der Waals surface area contributed by atoms with Gasteiger partial charge in [-0.3, -0.25) is 4.79 Å². The number of ether oxygens (including phenoxy) is 1. The maximum absolute atomic E-state index is 12.3.